The topological polar surface area (TPSA) is 46.9 Å². The van der Waals surface area contributed by atoms with E-state index in [1.165, 1.54) is 7.05 Å². The van der Waals surface area contributed by atoms with Gasteiger partial charge in [-0.3, -0.25) is 9.48 Å². The molecule has 1 N–H and O–H groups in total. The zero-order chi connectivity index (χ0) is 12.3. The van der Waals surface area contributed by atoms with Crippen molar-refractivity contribution in [3.05, 3.63) is 30.1 Å². The number of rotatable bonds is 3. The molecule has 7 heteroatoms. The normalized spacial score (nSPS) is 11.2. The molecule has 4 nitrogen and oxygen atoms in total. The number of carbonyl (C=O) groups excluding carboxylic acids is 1. The van der Waals surface area contributed by atoms with Gasteiger partial charge in [0.1, 0.15) is 0 Å². The van der Waals surface area contributed by atoms with Gasteiger partial charge in [-0.1, -0.05) is 6.58 Å². The fourth-order valence-corrected chi connectivity index (χ4v) is 1.15. The standard InChI is InChI=1S/C9H10F3N3O/c1-3-8(16)13-5-7-6(9(10,11)12)4-14-15(7)2/h3-4H,1,5H2,2H3,(H,13,16). The lowest BCUT2D eigenvalue weighted by molar-refractivity contribution is -0.138. The van der Waals surface area contributed by atoms with Crippen molar-refractivity contribution in [2.24, 2.45) is 7.05 Å². The number of aromatic nitrogens is 2. The lowest BCUT2D eigenvalue weighted by Crippen LogP contribution is -2.23. The molecule has 1 amide bonds. The number of hydrogen-bond acceptors (Lipinski definition) is 2. The number of amides is 1. The summed E-state index contributed by atoms with van der Waals surface area (Å²) in [6.07, 6.45) is -2.75. The number of hydrogen-bond donors (Lipinski definition) is 1. The SMILES string of the molecule is C=CC(=O)NCc1c(C(F)(F)F)cnn1C. The van der Waals surface area contributed by atoms with E-state index in [-0.39, 0.29) is 12.2 Å². The Balaban J connectivity index is 2.90. The molecule has 0 aliphatic carbocycles. The Morgan fingerprint density at radius 3 is 2.81 bits per heavy atom. The molecule has 1 heterocycles. The number of nitrogens with zero attached hydrogens (tertiary/aromatic N) is 2. The van der Waals surface area contributed by atoms with Crippen LogP contribution >= 0.6 is 0 Å². The second-order valence-corrected chi connectivity index (χ2v) is 3.05. The summed E-state index contributed by atoms with van der Waals surface area (Å²) >= 11 is 0. The molecule has 1 rings (SSSR count). The van der Waals surface area contributed by atoms with E-state index in [2.05, 4.69) is 17.0 Å². The molecule has 0 aliphatic heterocycles. The van der Waals surface area contributed by atoms with Crippen molar-refractivity contribution >= 4 is 5.91 Å². The van der Waals surface area contributed by atoms with Gasteiger partial charge in [0.2, 0.25) is 5.91 Å². The largest absolute Gasteiger partial charge is 0.419 e. The van der Waals surface area contributed by atoms with E-state index in [1.54, 1.807) is 0 Å². The average molecular weight is 233 g/mol. The molecule has 0 spiro atoms. The van der Waals surface area contributed by atoms with E-state index in [1.807, 2.05) is 0 Å². The summed E-state index contributed by atoms with van der Waals surface area (Å²) in [6.45, 7) is 2.96. The Kier molecular flexibility index (Phi) is 3.36. The molecular weight excluding hydrogens is 223 g/mol. The van der Waals surface area contributed by atoms with Gasteiger partial charge in [0.15, 0.2) is 0 Å². The fourth-order valence-electron chi connectivity index (χ4n) is 1.15. The number of aryl methyl sites for hydroxylation is 1. The summed E-state index contributed by atoms with van der Waals surface area (Å²) in [4.78, 5) is 10.8. The Labute approximate surface area is 89.7 Å². The third-order valence-electron chi connectivity index (χ3n) is 1.98. The van der Waals surface area contributed by atoms with E-state index in [9.17, 15) is 18.0 Å². The number of halogens is 3. The van der Waals surface area contributed by atoms with Crippen LogP contribution < -0.4 is 5.32 Å². The van der Waals surface area contributed by atoms with Gasteiger partial charge in [-0.25, -0.2) is 0 Å². The highest BCUT2D eigenvalue weighted by Crippen LogP contribution is 2.31. The van der Waals surface area contributed by atoms with Crippen molar-refractivity contribution in [2.75, 3.05) is 0 Å². The molecule has 16 heavy (non-hydrogen) atoms. The summed E-state index contributed by atoms with van der Waals surface area (Å²) in [5, 5.41) is 5.78. The molecule has 0 atom stereocenters. The van der Waals surface area contributed by atoms with Crippen molar-refractivity contribution in [1.82, 2.24) is 15.1 Å². The van der Waals surface area contributed by atoms with E-state index in [0.717, 1.165) is 17.0 Å². The van der Waals surface area contributed by atoms with Crippen molar-refractivity contribution < 1.29 is 18.0 Å². The first-order valence-electron chi connectivity index (χ1n) is 4.34. The Morgan fingerprint density at radius 1 is 1.69 bits per heavy atom. The lowest BCUT2D eigenvalue weighted by Gasteiger charge is -2.09. The monoisotopic (exact) mass is 233 g/mol. The molecule has 1 aromatic rings. The predicted molar refractivity (Wildman–Crippen MR) is 50.3 cm³/mol. The molecular formula is C9H10F3N3O. The highest BCUT2D eigenvalue weighted by Gasteiger charge is 2.35. The minimum absolute atomic E-state index is 0.0947. The minimum atomic E-state index is -4.47. The number of carbonyl (C=O) groups is 1. The van der Waals surface area contributed by atoms with Crippen molar-refractivity contribution in [1.29, 1.82) is 0 Å². The third kappa shape index (κ3) is 2.62. The van der Waals surface area contributed by atoms with Gasteiger partial charge >= 0.3 is 6.18 Å². The first kappa shape index (κ1) is 12.3. The van der Waals surface area contributed by atoms with Crippen LogP contribution in [0.1, 0.15) is 11.3 Å². The van der Waals surface area contributed by atoms with Gasteiger partial charge in [-0.15, -0.1) is 0 Å². The molecule has 0 aromatic carbocycles. The zero-order valence-corrected chi connectivity index (χ0v) is 8.51. The maximum absolute atomic E-state index is 12.5. The zero-order valence-electron chi connectivity index (χ0n) is 8.51. The van der Waals surface area contributed by atoms with Crippen LogP contribution in [0.25, 0.3) is 0 Å². The molecule has 88 valence electrons. The average Bonchev–Trinajstić information content (AvgIpc) is 2.55. The Morgan fingerprint density at radius 2 is 2.31 bits per heavy atom. The second-order valence-electron chi connectivity index (χ2n) is 3.05. The molecule has 0 radical (unpaired) electrons. The fraction of sp³-hybridized carbons (Fsp3) is 0.333. The molecule has 0 unspecified atom stereocenters. The molecule has 0 fully saturated rings. The molecule has 0 bridgehead atoms. The van der Waals surface area contributed by atoms with Crippen LogP contribution in [0.2, 0.25) is 0 Å². The van der Waals surface area contributed by atoms with Gasteiger partial charge in [0.05, 0.1) is 24.0 Å². The minimum Gasteiger partial charge on any atom is -0.347 e. The smallest absolute Gasteiger partial charge is 0.347 e. The Hall–Kier alpha value is -1.79. The second kappa shape index (κ2) is 4.38. The van der Waals surface area contributed by atoms with Crippen LogP contribution in [0.5, 0.6) is 0 Å². The van der Waals surface area contributed by atoms with Crippen LogP contribution in [0.3, 0.4) is 0 Å². The summed E-state index contributed by atoms with van der Waals surface area (Å²) in [7, 11) is 1.38. The molecule has 1 aromatic heterocycles. The van der Waals surface area contributed by atoms with Crippen LogP contribution in [-0.2, 0) is 24.6 Å². The Bertz CT molecular complexity index is 409. The summed E-state index contributed by atoms with van der Waals surface area (Å²) < 4.78 is 38.5. The van der Waals surface area contributed by atoms with Crippen LogP contribution in [0.4, 0.5) is 13.2 Å². The quantitative estimate of drug-likeness (QED) is 0.798. The maximum atomic E-state index is 12.5. The summed E-state index contributed by atoms with van der Waals surface area (Å²) in [6, 6.07) is 0. The molecule has 0 aliphatic rings. The highest BCUT2D eigenvalue weighted by atomic mass is 19.4. The summed E-state index contributed by atoms with van der Waals surface area (Å²) in [5.74, 6) is -0.533. The van der Waals surface area contributed by atoms with Gasteiger partial charge in [0, 0.05) is 7.05 Å². The third-order valence-corrected chi connectivity index (χ3v) is 1.98. The van der Waals surface area contributed by atoms with Crippen molar-refractivity contribution in [3.8, 4) is 0 Å². The lowest BCUT2D eigenvalue weighted by atomic mass is 10.2. The van der Waals surface area contributed by atoms with Crippen LogP contribution in [0.15, 0.2) is 18.9 Å². The van der Waals surface area contributed by atoms with E-state index in [4.69, 9.17) is 0 Å². The van der Waals surface area contributed by atoms with E-state index >= 15 is 0 Å². The first-order chi connectivity index (χ1) is 7.36. The van der Waals surface area contributed by atoms with Gasteiger partial charge in [-0.2, -0.15) is 18.3 Å². The van der Waals surface area contributed by atoms with E-state index < -0.39 is 17.6 Å². The number of alkyl halides is 3. The number of nitrogens with one attached hydrogen (secondary N) is 1. The summed E-state index contributed by atoms with van der Waals surface area (Å²) in [5.41, 5.74) is -0.943. The van der Waals surface area contributed by atoms with Crippen LogP contribution in [0, 0.1) is 0 Å². The first-order valence-corrected chi connectivity index (χ1v) is 4.34. The van der Waals surface area contributed by atoms with Gasteiger partial charge in [0.25, 0.3) is 0 Å². The van der Waals surface area contributed by atoms with Crippen LogP contribution in [-0.4, -0.2) is 15.7 Å². The molecule has 0 saturated heterocycles. The molecule has 0 saturated carbocycles. The van der Waals surface area contributed by atoms with Gasteiger partial charge < -0.3 is 5.32 Å². The van der Waals surface area contributed by atoms with Crippen molar-refractivity contribution in [3.63, 3.8) is 0 Å². The highest BCUT2D eigenvalue weighted by molar-refractivity contribution is 5.86. The van der Waals surface area contributed by atoms with E-state index in [0.29, 0.717) is 0 Å². The predicted octanol–water partition coefficient (Wildman–Crippen LogP) is 1.24. The van der Waals surface area contributed by atoms with Crippen molar-refractivity contribution in [2.45, 2.75) is 12.7 Å². The van der Waals surface area contributed by atoms with Gasteiger partial charge in [-0.05, 0) is 6.08 Å². The maximum Gasteiger partial charge on any atom is 0.419 e.